The Morgan fingerprint density at radius 1 is 0.389 bits per heavy atom. The normalized spacial score (nSPS) is 20.5. The highest BCUT2D eigenvalue weighted by atomic mass is 31.2. The number of methoxy groups -OCH3 is 1. The molecule has 17 rings (SSSR count). The molecule has 9 unspecified atom stereocenters. The van der Waals surface area contributed by atoms with Crippen LogP contribution in [0.3, 0.4) is 0 Å². The van der Waals surface area contributed by atoms with E-state index in [9.17, 15) is 47.9 Å². The summed E-state index contributed by atoms with van der Waals surface area (Å²) in [7, 11) is -2.42. The molecular weight excluding hydrogens is 1450 g/mol. The number of hydrogen-bond acceptors (Lipinski definition) is 17. The number of ketones is 1. The highest BCUT2D eigenvalue weighted by molar-refractivity contribution is 7.75. The van der Waals surface area contributed by atoms with Crippen molar-refractivity contribution in [3.63, 3.8) is 0 Å². The molecular formula is C92H88N3O17P. The number of carbonyl (C=O) groups excluding carboxylic acids is 10. The van der Waals surface area contributed by atoms with Gasteiger partial charge in [-0.1, -0.05) is 110 Å². The van der Waals surface area contributed by atoms with Crippen LogP contribution in [0, 0.1) is 47.3 Å². The van der Waals surface area contributed by atoms with Crippen molar-refractivity contribution >= 4 is 105 Å². The summed E-state index contributed by atoms with van der Waals surface area (Å²) in [6, 6.07) is 60.3. The van der Waals surface area contributed by atoms with E-state index >= 15 is 4.57 Å². The third-order valence-electron chi connectivity index (χ3n) is 21.3. The van der Waals surface area contributed by atoms with E-state index in [2.05, 4.69) is 5.32 Å². The summed E-state index contributed by atoms with van der Waals surface area (Å²) in [5.41, 5.74) is 4.49. The van der Waals surface area contributed by atoms with Gasteiger partial charge in [-0.05, 0) is 255 Å². The average Bonchev–Trinajstić information content (AvgIpc) is 1.61. The molecule has 7 aliphatic rings. The molecule has 6 fully saturated rings. The molecule has 3 heterocycles. The van der Waals surface area contributed by atoms with Crippen LogP contribution in [0.5, 0.6) is 34.5 Å². The molecule has 0 spiro atoms. The van der Waals surface area contributed by atoms with Crippen LogP contribution in [0.15, 0.2) is 224 Å². The number of ether oxygens (including phenoxy) is 5. The summed E-state index contributed by atoms with van der Waals surface area (Å²) < 4.78 is 49.2. The Bertz CT molecular complexity index is 5310. The average molecular weight is 1540 g/mol. The molecule has 1 N–H and O–H groups in total. The van der Waals surface area contributed by atoms with Gasteiger partial charge in [0.15, 0.2) is 5.78 Å². The van der Waals surface area contributed by atoms with Crippen LogP contribution < -0.4 is 53.9 Å². The molecule has 20 nitrogen and oxygen atoms in total. The van der Waals surface area contributed by atoms with E-state index in [-0.39, 0.29) is 98.4 Å². The minimum atomic E-state index is -3.90. The molecule has 578 valence electrons. The standard InChI is InChI=1S/C49H37N2O10P.C35H27NO7.4C2H6/c1-58-36-23-24-40(42(27-36)62(57)41-12-5-3-10-38(41)37-9-2-4-11-39(37)61-62)60-49(56)32-8-6-7-31(26-32)48(55)59-35-21-17-33(18-22-35)50-45(52)28-15-19-34(20-16-28)51-46(53)43-29-13-14-30(25-29)44(43)47(51)54;1-19(37)20-8-13-28(14-9-20)42-35(41)26-5-2-23-18-29(15-10-22(23)16-26)43-34(40)21-6-11-27(12-7-21)36-32(38)30-24-3-4-25(17-24)31(30)33(36)39;4*1-2/h2-12,15-24,26-27,29-30,43-44H,13-14,25H2,1H3,(H,50,52);2,5-16,18,24-25,30-31H,3-4,17H2,1H3;4*1-2H3. The van der Waals surface area contributed by atoms with Crippen molar-refractivity contribution in [1.82, 2.24) is 0 Å². The van der Waals surface area contributed by atoms with Gasteiger partial charge in [-0.25, -0.2) is 19.2 Å². The van der Waals surface area contributed by atoms with Gasteiger partial charge in [0, 0.05) is 22.4 Å². The van der Waals surface area contributed by atoms with E-state index in [1.807, 2.05) is 79.7 Å². The maximum absolute atomic E-state index is 15.0. The van der Waals surface area contributed by atoms with Crippen LogP contribution >= 0.6 is 7.37 Å². The van der Waals surface area contributed by atoms with Crippen LogP contribution in [0.25, 0.3) is 21.9 Å². The van der Waals surface area contributed by atoms with Crippen molar-refractivity contribution in [2.75, 3.05) is 22.2 Å². The number of fused-ring (bicyclic) bond motifs is 14. The maximum Gasteiger partial charge on any atom is 0.343 e. The number of nitrogens with one attached hydrogen (secondary N) is 1. The number of carbonyl (C=O) groups is 10. The lowest BCUT2D eigenvalue weighted by Gasteiger charge is -2.29. The van der Waals surface area contributed by atoms with Crippen molar-refractivity contribution in [3.8, 4) is 45.6 Å². The quantitative estimate of drug-likeness (QED) is 0.0329. The Balaban J connectivity index is 0.000000203. The number of benzene rings is 10. The van der Waals surface area contributed by atoms with Gasteiger partial charge in [-0.2, -0.15) is 0 Å². The van der Waals surface area contributed by atoms with Crippen LogP contribution in [-0.4, -0.2) is 66.3 Å². The van der Waals surface area contributed by atoms with Crippen molar-refractivity contribution < 1.29 is 80.7 Å². The predicted octanol–water partition coefficient (Wildman–Crippen LogP) is 18.3. The van der Waals surface area contributed by atoms with E-state index in [4.69, 9.17) is 28.2 Å². The molecule has 113 heavy (non-hydrogen) atoms. The van der Waals surface area contributed by atoms with E-state index in [1.165, 1.54) is 72.4 Å². The van der Waals surface area contributed by atoms with Crippen molar-refractivity contribution in [2.45, 2.75) is 101 Å². The SMILES string of the molecule is CC.CC.CC.CC.CC(=O)c1ccc(OC(=O)c2ccc3cc(OC(=O)c4ccc(N5C(=O)C6C7CCC(C7)C6C5=O)cc4)ccc3c2)cc1.COc1ccc(OC(=O)c2cccc(C(=O)Oc3ccc(NC(=O)c4ccc(N5C(=O)C6C7CCC(C7)C6C5=O)cc4)cc3)c2)c(P2(=O)Oc3ccccc3-c3ccccc32)c1. The van der Waals surface area contributed by atoms with E-state index in [0.29, 0.717) is 73.9 Å². The summed E-state index contributed by atoms with van der Waals surface area (Å²) in [6.07, 6.45) is 5.97. The first kappa shape index (κ1) is 80.1. The zero-order valence-electron chi connectivity index (χ0n) is 64.5. The summed E-state index contributed by atoms with van der Waals surface area (Å²) in [5.74, 6) is -1.67. The number of nitrogens with zero attached hydrogens (tertiary/aromatic N) is 2. The van der Waals surface area contributed by atoms with Gasteiger partial charge < -0.3 is 33.5 Å². The first-order valence-electron chi connectivity index (χ1n) is 38.5. The molecule has 2 saturated heterocycles. The van der Waals surface area contributed by atoms with Crippen molar-refractivity contribution in [1.29, 1.82) is 0 Å². The van der Waals surface area contributed by atoms with Crippen LogP contribution in [-0.2, 0) is 23.7 Å². The number of rotatable bonds is 15. The third-order valence-corrected chi connectivity index (χ3v) is 23.8. The Kier molecular flexibility index (Phi) is 24.7. The minimum absolute atomic E-state index is 0.00567. The molecule has 0 radical (unpaired) electrons. The van der Waals surface area contributed by atoms with E-state index in [0.717, 1.165) is 60.4 Å². The van der Waals surface area contributed by atoms with Gasteiger partial charge in [0.1, 0.15) is 34.5 Å². The van der Waals surface area contributed by atoms with E-state index < -0.39 is 37.2 Å². The highest BCUT2D eigenvalue weighted by Gasteiger charge is 2.62. The molecule has 9 atom stereocenters. The lowest BCUT2D eigenvalue weighted by Crippen LogP contribution is -2.32. The first-order chi connectivity index (χ1) is 54.9. The Morgan fingerprint density at radius 3 is 1.34 bits per heavy atom. The molecule has 0 aromatic heterocycles. The van der Waals surface area contributed by atoms with Gasteiger partial charge in [0.25, 0.3) is 5.91 Å². The van der Waals surface area contributed by atoms with Crippen molar-refractivity contribution in [3.05, 3.63) is 258 Å². The Labute approximate surface area is 656 Å². The van der Waals surface area contributed by atoms with Gasteiger partial charge >= 0.3 is 31.2 Å². The second kappa shape index (κ2) is 34.9. The van der Waals surface area contributed by atoms with Gasteiger partial charge in [0.2, 0.25) is 23.6 Å². The lowest BCUT2D eigenvalue weighted by molar-refractivity contribution is -0.124. The van der Waals surface area contributed by atoms with Gasteiger partial charge in [0.05, 0.1) is 75.0 Å². The second-order valence-electron chi connectivity index (χ2n) is 27.3. The molecule has 10 aromatic carbocycles. The number of Topliss-reactive ketones (excluding diaryl/α,β-unsaturated/α-hetero) is 1. The number of imide groups is 2. The first-order valence-corrected chi connectivity index (χ1v) is 40.2. The smallest absolute Gasteiger partial charge is 0.343 e. The topological polar surface area (TPSA) is 262 Å². The Morgan fingerprint density at radius 2 is 0.805 bits per heavy atom. The van der Waals surface area contributed by atoms with E-state index in [1.54, 1.807) is 152 Å². The fraction of sp³-hybridized carbons (Fsp3) is 0.261. The number of hydrogen-bond donors (Lipinski definition) is 1. The zero-order valence-corrected chi connectivity index (χ0v) is 65.4. The van der Waals surface area contributed by atoms with Gasteiger partial charge in [-0.15, -0.1) is 0 Å². The molecule has 21 heteroatoms. The number of amides is 5. The molecule has 4 saturated carbocycles. The van der Waals surface area contributed by atoms with Crippen LogP contribution in [0.4, 0.5) is 17.1 Å². The van der Waals surface area contributed by atoms with Crippen LogP contribution in [0.2, 0.25) is 0 Å². The zero-order chi connectivity index (χ0) is 80.5. The monoisotopic (exact) mass is 1540 g/mol. The second-order valence-corrected chi connectivity index (χ2v) is 29.5. The number of para-hydroxylation sites is 1. The van der Waals surface area contributed by atoms with Gasteiger partial charge in [-0.3, -0.25) is 43.1 Å². The highest BCUT2D eigenvalue weighted by Crippen LogP contribution is 2.59. The Hall–Kier alpha value is -12.4. The fourth-order valence-corrected chi connectivity index (χ4v) is 18.7. The molecule has 5 amide bonds. The molecule has 4 aliphatic carbocycles. The molecule has 10 aromatic rings. The summed E-state index contributed by atoms with van der Waals surface area (Å²) >= 11 is 0. The molecule has 4 bridgehead atoms. The summed E-state index contributed by atoms with van der Waals surface area (Å²) in [5, 5.41) is 4.88. The lowest BCUT2D eigenvalue weighted by atomic mass is 9.81. The molecule has 3 aliphatic heterocycles. The summed E-state index contributed by atoms with van der Waals surface area (Å²) in [6.45, 7) is 17.5. The number of anilines is 3. The number of esters is 4. The fourth-order valence-electron chi connectivity index (χ4n) is 16.3. The predicted molar refractivity (Wildman–Crippen MR) is 432 cm³/mol. The minimum Gasteiger partial charge on any atom is -0.497 e. The largest absolute Gasteiger partial charge is 0.497 e. The van der Waals surface area contributed by atoms with Crippen LogP contribution in [0.1, 0.15) is 163 Å². The summed E-state index contributed by atoms with van der Waals surface area (Å²) in [4.78, 5) is 132. The third kappa shape index (κ3) is 16.0. The van der Waals surface area contributed by atoms with Crippen molar-refractivity contribution in [2.24, 2.45) is 47.3 Å². The maximum atomic E-state index is 15.0.